The molecule has 1 rings (SSSR count). The van der Waals surface area contributed by atoms with Crippen LogP contribution in [-0.4, -0.2) is 9.72 Å². The van der Waals surface area contributed by atoms with Crippen LogP contribution in [0.1, 0.15) is 46.4 Å². The molecule has 1 heterocycles. The van der Waals surface area contributed by atoms with Crippen molar-refractivity contribution in [3.63, 3.8) is 0 Å². The Labute approximate surface area is 97.0 Å². The van der Waals surface area contributed by atoms with E-state index < -0.39 is 0 Å². The van der Waals surface area contributed by atoms with Gasteiger partial charge in [0.2, 0.25) is 0 Å². The molecule has 0 atom stereocenters. The molecule has 4 nitrogen and oxygen atoms in total. The maximum Gasteiger partial charge on any atom is 0.441 e. The third kappa shape index (κ3) is 4.47. The summed E-state index contributed by atoms with van der Waals surface area (Å²) in [5, 5.41) is 3.67. The number of rotatable bonds is 5. The third-order valence-corrected chi connectivity index (χ3v) is 1.99. The monoisotopic (exact) mass is 226 g/mol. The van der Waals surface area contributed by atoms with E-state index in [1.54, 1.807) is 4.57 Å². The maximum absolute atomic E-state index is 11.2. The van der Waals surface area contributed by atoms with Crippen LogP contribution < -0.4 is 5.76 Å². The Morgan fingerprint density at radius 3 is 2.56 bits per heavy atom. The summed E-state index contributed by atoms with van der Waals surface area (Å²) in [6, 6.07) is 0. The van der Waals surface area contributed by atoms with Crippen LogP contribution in [0.4, 0.5) is 0 Å². The first kappa shape index (κ1) is 14.7. The Morgan fingerprint density at radius 1 is 1.31 bits per heavy atom. The molecule has 0 N–H and O–H groups in total. The van der Waals surface area contributed by atoms with Crippen molar-refractivity contribution in [2.45, 2.75) is 53.5 Å². The third-order valence-electron chi connectivity index (χ3n) is 1.99. The first-order valence-corrected chi connectivity index (χ1v) is 6.00. The van der Waals surface area contributed by atoms with E-state index in [1.165, 1.54) is 0 Å². The van der Waals surface area contributed by atoms with Crippen LogP contribution >= 0.6 is 0 Å². The van der Waals surface area contributed by atoms with Gasteiger partial charge in [-0.05, 0) is 6.42 Å². The van der Waals surface area contributed by atoms with Crippen LogP contribution in [0, 0.1) is 0 Å². The molecule has 0 saturated carbocycles. The van der Waals surface area contributed by atoms with Crippen molar-refractivity contribution in [3.05, 3.63) is 28.5 Å². The summed E-state index contributed by atoms with van der Waals surface area (Å²) in [6.07, 6.45) is 6.92. The molecule has 16 heavy (non-hydrogen) atoms. The molecular formula is C12H22N2O2. The van der Waals surface area contributed by atoms with Crippen molar-refractivity contribution in [2.24, 2.45) is 0 Å². The van der Waals surface area contributed by atoms with Gasteiger partial charge in [-0.2, -0.15) is 0 Å². The Kier molecular flexibility index (Phi) is 8.21. The predicted molar refractivity (Wildman–Crippen MR) is 65.5 cm³/mol. The highest BCUT2D eigenvalue weighted by Gasteiger charge is 2.05. The summed E-state index contributed by atoms with van der Waals surface area (Å²) < 4.78 is 6.11. The molecule has 1 aromatic heterocycles. The number of allylic oxidation sites excluding steroid dienone is 2. The number of aromatic nitrogens is 2. The van der Waals surface area contributed by atoms with Gasteiger partial charge < -0.3 is 0 Å². The molecule has 0 aliphatic carbocycles. The van der Waals surface area contributed by atoms with Gasteiger partial charge in [0.15, 0.2) is 5.82 Å². The minimum absolute atomic E-state index is 0.372. The standard InChI is InChI=1S/C10H16N2O2.C2H6/c1-3-5-6-7-8-12-9(4-2)11-14-10(12)13;1-2/h6-7H,3-5,8H2,1-2H3;1-2H3/b7-6-;. The zero-order valence-electron chi connectivity index (χ0n) is 10.7. The van der Waals surface area contributed by atoms with E-state index in [-0.39, 0.29) is 5.76 Å². The van der Waals surface area contributed by atoms with Crippen molar-refractivity contribution >= 4 is 0 Å². The van der Waals surface area contributed by atoms with E-state index in [1.807, 2.05) is 26.8 Å². The largest absolute Gasteiger partial charge is 0.441 e. The summed E-state index contributed by atoms with van der Waals surface area (Å²) >= 11 is 0. The van der Waals surface area contributed by atoms with Gasteiger partial charge in [-0.3, -0.25) is 9.09 Å². The molecule has 0 fully saturated rings. The molecular weight excluding hydrogens is 204 g/mol. The molecule has 92 valence electrons. The van der Waals surface area contributed by atoms with Gasteiger partial charge in [0.1, 0.15) is 0 Å². The highest BCUT2D eigenvalue weighted by Crippen LogP contribution is 1.95. The summed E-state index contributed by atoms with van der Waals surface area (Å²) in [7, 11) is 0. The van der Waals surface area contributed by atoms with Crippen LogP contribution in [0.15, 0.2) is 21.5 Å². The lowest BCUT2D eigenvalue weighted by Crippen LogP contribution is -2.15. The van der Waals surface area contributed by atoms with Gasteiger partial charge in [-0.25, -0.2) is 4.79 Å². The van der Waals surface area contributed by atoms with E-state index in [2.05, 4.69) is 22.7 Å². The Bertz CT molecular complexity index is 350. The fraction of sp³-hybridized carbons (Fsp3) is 0.667. The SMILES string of the molecule is CC.CCC/C=C\Cn1c(CC)noc1=O. The minimum Gasteiger partial charge on any atom is -0.296 e. The average Bonchev–Trinajstić information content (AvgIpc) is 2.68. The van der Waals surface area contributed by atoms with E-state index in [4.69, 9.17) is 0 Å². The van der Waals surface area contributed by atoms with Crippen LogP contribution in [0.3, 0.4) is 0 Å². The van der Waals surface area contributed by atoms with Crippen molar-refractivity contribution in [2.75, 3.05) is 0 Å². The van der Waals surface area contributed by atoms with E-state index in [0.717, 1.165) is 12.8 Å². The van der Waals surface area contributed by atoms with Crippen LogP contribution in [-0.2, 0) is 13.0 Å². The molecule has 0 saturated heterocycles. The first-order chi connectivity index (χ1) is 7.79. The molecule has 0 aromatic carbocycles. The van der Waals surface area contributed by atoms with Gasteiger partial charge in [-0.15, -0.1) is 0 Å². The molecule has 1 aromatic rings. The summed E-state index contributed by atoms with van der Waals surface area (Å²) in [4.78, 5) is 11.2. The van der Waals surface area contributed by atoms with E-state index in [0.29, 0.717) is 18.8 Å². The molecule has 0 unspecified atom stereocenters. The quantitative estimate of drug-likeness (QED) is 0.725. The smallest absolute Gasteiger partial charge is 0.296 e. The van der Waals surface area contributed by atoms with Crippen molar-refractivity contribution in [1.82, 2.24) is 9.72 Å². The second-order valence-electron chi connectivity index (χ2n) is 3.09. The number of hydrogen-bond donors (Lipinski definition) is 0. The van der Waals surface area contributed by atoms with Crippen LogP contribution in [0.5, 0.6) is 0 Å². The fourth-order valence-electron chi connectivity index (χ4n) is 1.20. The highest BCUT2D eigenvalue weighted by molar-refractivity contribution is 4.89. The topological polar surface area (TPSA) is 48.0 Å². The molecule has 0 aliphatic rings. The van der Waals surface area contributed by atoms with Gasteiger partial charge in [0, 0.05) is 13.0 Å². The number of hydrogen-bond acceptors (Lipinski definition) is 3. The Balaban J connectivity index is 0.00000106. The van der Waals surface area contributed by atoms with Gasteiger partial charge >= 0.3 is 5.76 Å². The van der Waals surface area contributed by atoms with Gasteiger partial charge in [-0.1, -0.05) is 51.4 Å². The summed E-state index contributed by atoms with van der Waals surface area (Å²) in [5.74, 6) is 0.333. The minimum atomic E-state index is -0.372. The molecule has 4 heteroatoms. The molecule has 0 amide bonds. The van der Waals surface area contributed by atoms with Crippen molar-refractivity contribution in [1.29, 1.82) is 0 Å². The second kappa shape index (κ2) is 8.95. The number of aryl methyl sites for hydroxylation is 1. The fourth-order valence-corrected chi connectivity index (χ4v) is 1.20. The molecule has 0 bridgehead atoms. The number of nitrogens with zero attached hydrogens (tertiary/aromatic N) is 2. The lowest BCUT2D eigenvalue weighted by Gasteiger charge is -1.96. The maximum atomic E-state index is 11.2. The second-order valence-corrected chi connectivity index (χ2v) is 3.09. The number of unbranched alkanes of at least 4 members (excludes halogenated alkanes) is 1. The van der Waals surface area contributed by atoms with E-state index >= 15 is 0 Å². The average molecular weight is 226 g/mol. The van der Waals surface area contributed by atoms with Gasteiger partial charge in [0.25, 0.3) is 0 Å². The lowest BCUT2D eigenvalue weighted by molar-refractivity contribution is 0.375. The lowest BCUT2D eigenvalue weighted by atomic mass is 10.3. The predicted octanol–water partition coefficient (Wildman–Crippen LogP) is 2.78. The first-order valence-electron chi connectivity index (χ1n) is 6.00. The van der Waals surface area contributed by atoms with Crippen LogP contribution in [0.25, 0.3) is 0 Å². The summed E-state index contributed by atoms with van der Waals surface area (Å²) in [6.45, 7) is 8.63. The molecule has 0 radical (unpaired) electrons. The zero-order chi connectivity index (χ0) is 12.4. The molecule has 0 aliphatic heterocycles. The Morgan fingerprint density at radius 2 is 2.00 bits per heavy atom. The van der Waals surface area contributed by atoms with E-state index in [9.17, 15) is 4.79 Å². The zero-order valence-corrected chi connectivity index (χ0v) is 10.7. The Hall–Kier alpha value is -1.32. The highest BCUT2D eigenvalue weighted by atomic mass is 16.5. The van der Waals surface area contributed by atoms with Gasteiger partial charge in [0.05, 0.1) is 0 Å². The normalized spacial score (nSPS) is 10.2. The van der Waals surface area contributed by atoms with Crippen LogP contribution in [0.2, 0.25) is 0 Å². The van der Waals surface area contributed by atoms with Crippen molar-refractivity contribution < 1.29 is 4.52 Å². The van der Waals surface area contributed by atoms with Crippen molar-refractivity contribution in [3.8, 4) is 0 Å². The summed E-state index contributed by atoms with van der Waals surface area (Å²) in [5.41, 5.74) is 0. The molecule has 0 spiro atoms.